The zero-order chi connectivity index (χ0) is 8.97. The summed E-state index contributed by atoms with van der Waals surface area (Å²) in [5, 5.41) is 0. The summed E-state index contributed by atoms with van der Waals surface area (Å²) in [5.41, 5.74) is 0.402. The van der Waals surface area contributed by atoms with Crippen LogP contribution in [0.15, 0.2) is 29.3 Å². The van der Waals surface area contributed by atoms with Crippen LogP contribution in [-0.4, -0.2) is 12.0 Å². The van der Waals surface area contributed by atoms with E-state index in [1.54, 1.807) is 24.3 Å². The Morgan fingerprint density at radius 2 is 1.92 bits per heavy atom. The fraction of sp³-hybridized carbons (Fsp3) is 0. The summed E-state index contributed by atoms with van der Waals surface area (Å²) < 4.78 is 1.03. The molecule has 1 amide bonds. The molecule has 12 heavy (non-hydrogen) atoms. The quantitative estimate of drug-likeness (QED) is 0.444. The number of isocyanates is 1. The number of benzene rings is 1. The van der Waals surface area contributed by atoms with Crippen molar-refractivity contribution in [3.05, 3.63) is 33.4 Å². The van der Waals surface area contributed by atoms with Crippen molar-refractivity contribution in [3.63, 3.8) is 0 Å². The van der Waals surface area contributed by atoms with Gasteiger partial charge in [0, 0.05) is 9.13 Å². The molecule has 0 aromatic heterocycles. The van der Waals surface area contributed by atoms with E-state index >= 15 is 0 Å². The van der Waals surface area contributed by atoms with E-state index in [0.29, 0.717) is 5.56 Å². The first-order valence-electron chi connectivity index (χ1n) is 3.12. The van der Waals surface area contributed by atoms with Crippen LogP contribution in [0.4, 0.5) is 0 Å². The lowest BCUT2D eigenvalue weighted by Crippen LogP contribution is -1.93. The number of nitrogens with zero attached hydrogens (tertiary/aromatic N) is 1. The molecule has 0 aliphatic carbocycles. The zero-order valence-electron chi connectivity index (χ0n) is 5.95. The lowest BCUT2D eigenvalue weighted by molar-refractivity contribution is 0.100. The molecule has 0 bridgehead atoms. The van der Waals surface area contributed by atoms with E-state index < -0.39 is 5.91 Å². The van der Waals surface area contributed by atoms with Crippen molar-refractivity contribution in [2.75, 3.05) is 0 Å². The largest absolute Gasteiger partial charge is 0.287 e. The number of halogens is 1. The Kier molecular flexibility index (Phi) is 3.13. The van der Waals surface area contributed by atoms with Crippen LogP contribution in [0.2, 0.25) is 0 Å². The van der Waals surface area contributed by atoms with Gasteiger partial charge < -0.3 is 0 Å². The molecule has 0 spiro atoms. The van der Waals surface area contributed by atoms with E-state index in [1.807, 2.05) is 0 Å². The Hall–Kier alpha value is -1.000. The highest BCUT2D eigenvalue weighted by Crippen LogP contribution is 2.07. The first-order valence-corrected chi connectivity index (χ1v) is 4.19. The van der Waals surface area contributed by atoms with Gasteiger partial charge in [0.15, 0.2) is 0 Å². The molecular weight excluding hydrogens is 269 g/mol. The highest BCUT2D eigenvalue weighted by atomic mass is 127. The van der Waals surface area contributed by atoms with Crippen molar-refractivity contribution in [3.8, 4) is 0 Å². The Bertz CT molecular complexity index is 339. The van der Waals surface area contributed by atoms with E-state index in [-0.39, 0.29) is 0 Å². The second-order valence-electron chi connectivity index (χ2n) is 2.02. The molecule has 1 aromatic carbocycles. The van der Waals surface area contributed by atoms with Crippen LogP contribution < -0.4 is 0 Å². The molecule has 0 atom stereocenters. The van der Waals surface area contributed by atoms with Gasteiger partial charge in [-0.15, -0.1) is 4.99 Å². The van der Waals surface area contributed by atoms with Gasteiger partial charge >= 0.3 is 0 Å². The Labute approximate surface area is 82.6 Å². The van der Waals surface area contributed by atoms with Gasteiger partial charge in [-0.3, -0.25) is 4.79 Å². The van der Waals surface area contributed by atoms with E-state index in [1.165, 1.54) is 6.08 Å². The van der Waals surface area contributed by atoms with E-state index in [2.05, 4.69) is 27.6 Å². The molecule has 0 saturated carbocycles. The van der Waals surface area contributed by atoms with Crippen LogP contribution >= 0.6 is 22.6 Å². The molecule has 0 aliphatic rings. The van der Waals surface area contributed by atoms with Gasteiger partial charge in [0.05, 0.1) is 0 Å². The van der Waals surface area contributed by atoms with Crippen molar-refractivity contribution in [2.45, 2.75) is 0 Å². The van der Waals surface area contributed by atoms with E-state index in [4.69, 9.17) is 0 Å². The number of rotatable bonds is 1. The summed E-state index contributed by atoms with van der Waals surface area (Å²) in [4.78, 5) is 23.6. The molecule has 0 aliphatic heterocycles. The second kappa shape index (κ2) is 4.13. The monoisotopic (exact) mass is 273 g/mol. The van der Waals surface area contributed by atoms with Crippen LogP contribution in [0.25, 0.3) is 0 Å². The maximum atomic E-state index is 10.9. The summed E-state index contributed by atoms with van der Waals surface area (Å²) in [7, 11) is 0. The molecular formula is C8H4INO2. The van der Waals surface area contributed by atoms with Gasteiger partial charge in [0.2, 0.25) is 6.08 Å². The number of aliphatic imine (C=N–C) groups is 1. The average Bonchev–Trinajstić information content (AvgIpc) is 2.06. The summed E-state index contributed by atoms with van der Waals surface area (Å²) in [6, 6.07) is 6.78. The SMILES string of the molecule is O=C=NC(=O)c1ccc(I)cc1. The Balaban J connectivity index is 2.97. The van der Waals surface area contributed by atoms with Crippen molar-refractivity contribution >= 4 is 34.6 Å². The maximum Gasteiger partial charge on any atom is 0.287 e. The summed E-state index contributed by atoms with van der Waals surface area (Å²) >= 11 is 2.12. The Morgan fingerprint density at radius 1 is 1.33 bits per heavy atom. The van der Waals surface area contributed by atoms with Crippen LogP contribution in [0.5, 0.6) is 0 Å². The third kappa shape index (κ3) is 2.25. The fourth-order valence-corrected chi connectivity index (χ4v) is 1.06. The second-order valence-corrected chi connectivity index (χ2v) is 3.26. The number of amides is 1. The minimum absolute atomic E-state index is 0.402. The van der Waals surface area contributed by atoms with Gasteiger partial charge in [0.25, 0.3) is 5.91 Å². The topological polar surface area (TPSA) is 46.5 Å². The number of carbonyl (C=O) groups excluding carboxylic acids is 2. The van der Waals surface area contributed by atoms with Gasteiger partial charge in [-0.2, -0.15) is 0 Å². The van der Waals surface area contributed by atoms with Gasteiger partial charge in [-0.05, 0) is 46.9 Å². The molecule has 0 saturated heterocycles. The predicted molar refractivity (Wildman–Crippen MR) is 51.6 cm³/mol. The standard InChI is InChI=1S/C8H4INO2/c9-7-3-1-6(2-4-7)8(12)10-5-11/h1-4H. The molecule has 0 radical (unpaired) electrons. The molecule has 0 fully saturated rings. The van der Waals surface area contributed by atoms with Crippen LogP contribution in [0, 0.1) is 3.57 Å². The van der Waals surface area contributed by atoms with Crippen molar-refractivity contribution in [2.24, 2.45) is 4.99 Å². The Morgan fingerprint density at radius 3 is 2.42 bits per heavy atom. The van der Waals surface area contributed by atoms with Crippen molar-refractivity contribution in [1.82, 2.24) is 0 Å². The van der Waals surface area contributed by atoms with Crippen LogP contribution in [0.1, 0.15) is 10.4 Å². The molecule has 4 heteroatoms. The minimum atomic E-state index is -0.554. The summed E-state index contributed by atoms with van der Waals surface area (Å²) in [6.45, 7) is 0. The fourth-order valence-electron chi connectivity index (χ4n) is 0.698. The lowest BCUT2D eigenvalue weighted by atomic mass is 10.2. The summed E-state index contributed by atoms with van der Waals surface area (Å²) in [5.74, 6) is -0.554. The highest BCUT2D eigenvalue weighted by molar-refractivity contribution is 14.1. The molecule has 1 aromatic rings. The van der Waals surface area contributed by atoms with E-state index in [0.717, 1.165) is 3.57 Å². The normalized spacial score (nSPS) is 8.75. The molecule has 3 nitrogen and oxygen atoms in total. The zero-order valence-corrected chi connectivity index (χ0v) is 8.11. The molecule has 0 heterocycles. The summed E-state index contributed by atoms with van der Waals surface area (Å²) in [6.07, 6.45) is 1.20. The van der Waals surface area contributed by atoms with Crippen molar-refractivity contribution in [1.29, 1.82) is 0 Å². The van der Waals surface area contributed by atoms with Gasteiger partial charge in [-0.1, -0.05) is 0 Å². The molecule has 0 unspecified atom stereocenters. The predicted octanol–water partition coefficient (Wildman–Crippen LogP) is 1.77. The third-order valence-corrected chi connectivity index (χ3v) is 1.96. The third-order valence-electron chi connectivity index (χ3n) is 1.24. The number of carbonyl (C=O) groups is 1. The average molecular weight is 273 g/mol. The first kappa shape index (κ1) is 9.09. The molecule has 0 N–H and O–H groups in total. The first-order chi connectivity index (χ1) is 5.74. The van der Waals surface area contributed by atoms with Gasteiger partial charge in [-0.25, -0.2) is 4.79 Å². The maximum absolute atomic E-state index is 10.9. The lowest BCUT2D eigenvalue weighted by Gasteiger charge is -1.92. The van der Waals surface area contributed by atoms with Crippen molar-refractivity contribution < 1.29 is 9.59 Å². The smallest absolute Gasteiger partial charge is 0.266 e. The number of hydrogen-bond acceptors (Lipinski definition) is 2. The number of hydrogen-bond donors (Lipinski definition) is 0. The molecule has 60 valence electrons. The van der Waals surface area contributed by atoms with Crippen LogP contribution in [0.3, 0.4) is 0 Å². The van der Waals surface area contributed by atoms with E-state index in [9.17, 15) is 9.59 Å². The van der Waals surface area contributed by atoms with Gasteiger partial charge in [0.1, 0.15) is 0 Å². The minimum Gasteiger partial charge on any atom is -0.266 e. The highest BCUT2D eigenvalue weighted by Gasteiger charge is 2.01. The van der Waals surface area contributed by atoms with Crippen LogP contribution in [-0.2, 0) is 4.79 Å². The molecule has 1 rings (SSSR count).